The molecule has 3 N–H and O–H groups in total. The van der Waals surface area contributed by atoms with E-state index in [4.69, 9.17) is 14.7 Å². The summed E-state index contributed by atoms with van der Waals surface area (Å²) in [6.07, 6.45) is 10.6. The number of para-hydroxylation sites is 1. The number of allylic oxidation sites excluding steroid dienone is 2. The van der Waals surface area contributed by atoms with E-state index in [0.29, 0.717) is 12.6 Å². The van der Waals surface area contributed by atoms with Gasteiger partial charge in [-0.2, -0.15) is 0 Å². The molecule has 6 nitrogen and oxygen atoms in total. The van der Waals surface area contributed by atoms with Crippen LogP contribution >= 0.6 is 0 Å². The first-order chi connectivity index (χ1) is 26.1. The minimum atomic E-state index is -0.729. The van der Waals surface area contributed by atoms with Crippen molar-refractivity contribution in [2.24, 2.45) is 15.7 Å². The summed E-state index contributed by atoms with van der Waals surface area (Å²) in [6.45, 7) is 20.7. The van der Waals surface area contributed by atoms with E-state index in [-0.39, 0.29) is 5.41 Å². The van der Waals surface area contributed by atoms with E-state index >= 15 is 0 Å². The highest BCUT2D eigenvalue weighted by Gasteiger charge is 2.48. The molecule has 53 heavy (non-hydrogen) atoms. The average Bonchev–Trinajstić information content (AvgIpc) is 3.53. The monoisotopic (exact) mass is 703 g/mol. The van der Waals surface area contributed by atoms with Crippen LogP contribution in [0.4, 0.5) is 0 Å². The van der Waals surface area contributed by atoms with E-state index in [1.54, 1.807) is 0 Å². The summed E-state index contributed by atoms with van der Waals surface area (Å²) in [4.78, 5) is 13.2. The lowest BCUT2D eigenvalue weighted by molar-refractivity contribution is 0.290. The van der Waals surface area contributed by atoms with Crippen molar-refractivity contribution in [1.82, 2.24) is 10.3 Å². The summed E-state index contributed by atoms with van der Waals surface area (Å²) in [5.41, 5.74) is 14.2. The van der Waals surface area contributed by atoms with Gasteiger partial charge in [-0.25, -0.2) is 0 Å². The average molecular weight is 704 g/mol. The number of benzene rings is 4. The summed E-state index contributed by atoms with van der Waals surface area (Å²) in [5.74, 6) is 0.931. The van der Waals surface area contributed by atoms with Crippen molar-refractivity contribution in [3.05, 3.63) is 192 Å². The first kappa shape index (κ1) is 39.9. The molecule has 0 saturated heterocycles. The molecule has 0 bridgehead atoms. The molecule has 2 unspecified atom stereocenters. The highest BCUT2D eigenvalue weighted by atomic mass is 16.5. The van der Waals surface area contributed by atoms with Gasteiger partial charge in [0.05, 0.1) is 23.7 Å². The highest BCUT2D eigenvalue weighted by Crippen LogP contribution is 2.56. The Morgan fingerprint density at radius 3 is 2.04 bits per heavy atom. The fourth-order valence-electron chi connectivity index (χ4n) is 7.42. The molecule has 4 aromatic carbocycles. The summed E-state index contributed by atoms with van der Waals surface area (Å²) < 4.78 is 6.57. The first-order valence-electron chi connectivity index (χ1n) is 18.1. The number of ether oxygens (including phenoxy) is 1. The van der Waals surface area contributed by atoms with Crippen molar-refractivity contribution < 1.29 is 4.74 Å². The highest BCUT2D eigenvalue weighted by molar-refractivity contribution is 5.84. The third-order valence-electron chi connectivity index (χ3n) is 9.69. The van der Waals surface area contributed by atoms with Gasteiger partial charge in [0, 0.05) is 6.20 Å². The number of fused-ring (bicyclic) bond motifs is 8. The molecular formula is C47H53N5O. The normalized spacial score (nSPS) is 15.8. The number of hydrogen-bond acceptors (Lipinski definition) is 6. The van der Waals surface area contributed by atoms with Crippen molar-refractivity contribution in [3.8, 4) is 16.9 Å². The van der Waals surface area contributed by atoms with Gasteiger partial charge in [-0.1, -0.05) is 117 Å². The largest absolute Gasteiger partial charge is 0.489 e. The first-order valence-corrected chi connectivity index (χ1v) is 18.1. The Balaban J connectivity index is 0.000000358. The molecule has 1 aliphatic carbocycles. The topological polar surface area (TPSA) is 84.9 Å². The molecular weight excluding hydrogens is 651 g/mol. The summed E-state index contributed by atoms with van der Waals surface area (Å²) in [6, 6.07) is 39.2. The standard InChI is InChI=1S/C35H28N2O.C7H10N2.C2H6.C2H4.CH5N/c1-34(36-2,33-20-9-10-21-37-33)28-17-11-18-31-27(28)23-38-32-19-8-3-12-24(32)22-35(31)29-15-6-4-13-25(29)26-14-5-7-16-30(26)35;1-8-6-7-4-2-3-5-9-7;3*1-2/h3-21H,2,22-23H2,1H3;2-5,7,9H,1,6H2;1-2H3;1-2H2;2H2,1H3. The van der Waals surface area contributed by atoms with Crippen LogP contribution in [-0.2, 0) is 24.0 Å². The molecule has 1 aromatic heterocycles. The molecule has 0 fully saturated rings. The van der Waals surface area contributed by atoms with Crippen molar-refractivity contribution in [3.63, 3.8) is 0 Å². The maximum absolute atomic E-state index is 6.57. The van der Waals surface area contributed by atoms with Crippen LogP contribution in [0.2, 0.25) is 0 Å². The second-order valence-electron chi connectivity index (χ2n) is 12.3. The Hall–Kier alpha value is -5.85. The fraction of sp³-hybridized carbons (Fsp3) is 0.213. The molecule has 0 amide bonds. The quantitative estimate of drug-likeness (QED) is 0.141. The Morgan fingerprint density at radius 2 is 1.43 bits per heavy atom. The number of hydrogen-bond donors (Lipinski definition) is 2. The number of aromatic nitrogens is 1. The number of aliphatic imine (C=N–C) groups is 2. The predicted molar refractivity (Wildman–Crippen MR) is 225 cm³/mol. The van der Waals surface area contributed by atoms with Gasteiger partial charge in [0.15, 0.2) is 0 Å². The van der Waals surface area contributed by atoms with Crippen LogP contribution in [0.3, 0.4) is 0 Å². The van der Waals surface area contributed by atoms with Crippen LogP contribution in [-0.4, -0.2) is 38.1 Å². The third kappa shape index (κ3) is 7.84. The van der Waals surface area contributed by atoms with Crippen LogP contribution in [0, 0.1) is 0 Å². The summed E-state index contributed by atoms with van der Waals surface area (Å²) in [7, 11) is 1.50. The lowest BCUT2D eigenvalue weighted by atomic mass is 9.65. The predicted octanol–water partition coefficient (Wildman–Crippen LogP) is 9.63. The van der Waals surface area contributed by atoms with Gasteiger partial charge in [0.2, 0.25) is 0 Å². The number of pyridine rings is 1. The molecule has 1 spiro atoms. The lowest BCUT2D eigenvalue weighted by Crippen LogP contribution is -2.35. The van der Waals surface area contributed by atoms with Crippen LogP contribution in [0.1, 0.15) is 59.8 Å². The van der Waals surface area contributed by atoms with E-state index in [1.165, 1.54) is 40.4 Å². The van der Waals surface area contributed by atoms with E-state index in [2.05, 4.69) is 147 Å². The number of nitrogens with one attached hydrogen (secondary N) is 1. The van der Waals surface area contributed by atoms with Crippen LogP contribution in [0.15, 0.2) is 163 Å². The minimum Gasteiger partial charge on any atom is -0.489 e. The van der Waals surface area contributed by atoms with E-state index in [0.717, 1.165) is 35.5 Å². The minimum absolute atomic E-state index is 0.354. The molecule has 272 valence electrons. The van der Waals surface area contributed by atoms with Crippen molar-refractivity contribution in [1.29, 1.82) is 0 Å². The molecule has 3 heterocycles. The van der Waals surface area contributed by atoms with Crippen molar-refractivity contribution in [2.75, 3.05) is 13.6 Å². The number of nitrogens with zero attached hydrogens (tertiary/aromatic N) is 3. The zero-order valence-corrected chi connectivity index (χ0v) is 31.6. The smallest absolute Gasteiger partial charge is 0.124 e. The molecule has 0 radical (unpaired) electrons. The van der Waals surface area contributed by atoms with Gasteiger partial charge >= 0.3 is 0 Å². The second-order valence-corrected chi connectivity index (χ2v) is 12.3. The van der Waals surface area contributed by atoms with Gasteiger partial charge in [0.1, 0.15) is 17.9 Å². The Kier molecular flexibility index (Phi) is 14.4. The number of rotatable bonds is 5. The Morgan fingerprint density at radius 1 is 0.811 bits per heavy atom. The van der Waals surface area contributed by atoms with Crippen molar-refractivity contribution >= 4 is 13.4 Å². The molecule has 3 aliphatic rings. The van der Waals surface area contributed by atoms with Gasteiger partial charge < -0.3 is 15.8 Å². The molecule has 2 atom stereocenters. The maximum Gasteiger partial charge on any atom is 0.124 e. The van der Waals surface area contributed by atoms with E-state index < -0.39 is 5.54 Å². The molecule has 0 saturated carbocycles. The zero-order chi connectivity index (χ0) is 38.3. The number of nitrogens with two attached hydrogens (primary N) is 1. The SMILES string of the molecule is C=C.C=NC(C)(c1ccccn1)c1cccc2c1COc1ccccc1CC21c2ccccc2-c2ccccc21.C=NCC1C=CC=CN1.CC.CN. The maximum atomic E-state index is 6.57. The van der Waals surface area contributed by atoms with E-state index in [9.17, 15) is 0 Å². The van der Waals surface area contributed by atoms with Gasteiger partial charge in [-0.15, -0.1) is 13.2 Å². The van der Waals surface area contributed by atoms with Crippen molar-refractivity contribution in [2.45, 2.75) is 50.8 Å². The second kappa shape index (κ2) is 19.1. The van der Waals surface area contributed by atoms with Crippen LogP contribution < -0.4 is 15.8 Å². The molecule has 6 heteroatoms. The fourth-order valence-corrected chi connectivity index (χ4v) is 7.42. The number of dihydropyridines is 1. The summed E-state index contributed by atoms with van der Waals surface area (Å²) >= 11 is 0. The molecule has 8 rings (SSSR count). The summed E-state index contributed by atoms with van der Waals surface area (Å²) in [5, 5.41) is 3.12. The van der Waals surface area contributed by atoms with Crippen LogP contribution in [0.25, 0.3) is 11.1 Å². The van der Waals surface area contributed by atoms with Gasteiger partial charge in [-0.05, 0) is 109 Å². The Labute approximate surface area is 316 Å². The lowest BCUT2D eigenvalue weighted by Gasteiger charge is -2.39. The molecule has 2 aliphatic heterocycles. The van der Waals surface area contributed by atoms with Gasteiger partial charge in [0.25, 0.3) is 0 Å². The van der Waals surface area contributed by atoms with Gasteiger partial charge in [-0.3, -0.25) is 15.0 Å². The van der Waals surface area contributed by atoms with Crippen LogP contribution in [0.5, 0.6) is 5.75 Å². The Bertz CT molecular complexity index is 1970. The molecule has 5 aromatic rings. The van der Waals surface area contributed by atoms with E-state index in [1.807, 2.05) is 56.6 Å². The zero-order valence-electron chi connectivity index (χ0n) is 31.6. The third-order valence-corrected chi connectivity index (χ3v) is 9.69.